The van der Waals surface area contributed by atoms with Crippen molar-refractivity contribution in [2.24, 2.45) is 0 Å². The number of quaternary nitrogens is 1. The van der Waals surface area contributed by atoms with E-state index in [0.717, 1.165) is 22.8 Å². The van der Waals surface area contributed by atoms with E-state index in [0.29, 0.717) is 0 Å². The van der Waals surface area contributed by atoms with Gasteiger partial charge in [-0.2, -0.15) is 8.10 Å². The summed E-state index contributed by atoms with van der Waals surface area (Å²) in [7, 11) is 3.56. The quantitative estimate of drug-likeness (QED) is 0.685. The van der Waals surface area contributed by atoms with Crippen LogP contribution in [0.15, 0.2) is 34.6 Å². The molecule has 1 atom stereocenters. The molecule has 0 aromatic heterocycles. The summed E-state index contributed by atoms with van der Waals surface area (Å²) in [6, 6.07) is 9.90. The fourth-order valence-electron chi connectivity index (χ4n) is 1.89. The van der Waals surface area contributed by atoms with Gasteiger partial charge in [-0.05, 0) is 30.1 Å². The van der Waals surface area contributed by atoms with E-state index in [9.17, 15) is 8.76 Å². The molecular weight excluding hydrogens is 298 g/mol. The van der Waals surface area contributed by atoms with Gasteiger partial charge in [0.25, 0.3) is 0 Å². The minimum absolute atomic E-state index is 0.0284. The lowest BCUT2D eigenvalue weighted by atomic mass is 10.1. The summed E-state index contributed by atoms with van der Waals surface area (Å²) in [5.74, 6) is 2.16. The molecule has 2 rings (SSSR count). The molecule has 0 saturated carbocycles. The van der Waals surface area contributed by atoms with Gasteiger partial charge in [0.15, 0.2) is 5.70 Å². The molecule has 104 valence electrons. The first kappa shape index (κ1) is 15.1. The van der Waals surface area contributed by atoms with Crippen molar-refractivity contribution in [2.75, 3.05) is 25.6 Å². The Morgan fingerprint density at radius 2 is 1.79 bits per heavy atom. The minimum Gasteiger partial charge on any atom is -0.260 e. The Hall–Kier alpha value is -0.270. The summed E-state index contributed by atoms with van der Waals surface area (Å²) in [6.45, 7) is 0. The molecule has 1 aromatic rings. The second-order valence-corrected chi connectivity index (χ2v) is 8.48. The molecule has 1 aliphatic rings. The van der Waals surface area contributed by atoms with Crippen LogP contribution in [0.3, 0.4) is 0 Å². The maximum Gasteiger partial charge on any atom is 0.363 e. The molecule has 0 bridgehead atoms. The Labute approximate surface area is 125 Å². The lowest BCUT2D eigenvalue weighted by Crippen LogP contribution is -2.39. The van der Waals surface area contributed by atoms with Gasteiger partial charge in [0, 0.05) is 5.56 Å². The molecule has 0 spiro atoms. The topological polar surface area (TPSA) is 37.3 Å². The summed E-state index contributed by atoms with van der Waals surface area (Å²) in [6.07, 6.45) is 1.19. The van der Waals surface area contributed by atoms with Crippen LogP contribution in [0.25, 0.3) is 5.70 Å². The van der Waals surface area contributed by atoms with E-state index >= 15 is 0 Å². The standard InChI is InChI=1S/C13H17NO2S3/c1-14(2,19(15)16)12(11-7-4-3-5-8-11)13-17-9-6-10-18-13/h3-5,7-8H,6,9-10H2,1-2H3/p+1. The highest BCUT2D eigenvalue weighted by Crippen LogP contribution is 2.43. The predicted molar refractivity (Wildman–Crippen MR) is 85.8 cm³/mol. The minimum atomic E-state index is -1.96. The molecule has 3 nitrogen and oxygen atoms in total. The summed E-state index contributed by atoms with van der Waals surface area (Å²) in [4.78, 5) is 0. The van der Waals surface area contributed by atoms with Crippen LogP contribution in [0, 0.1) is 0 Å². The third kappa shape index (κ3) is 3.44. The van der Waals surface area contributed by atoms with E-state index < -0.39 is 11.3 Å². The smallest absolute Gasteiger partial charge is 0.260 e. The van der Waals surface area contributed by atoms with E-state index in [1.54, 1.807) is 37.6 Å². The number of nitrogens with zero attached hydrogens (tertiary/aromatic N) is 1. The van der Waals surface area contributed by atoms with Gasteiger partial charge < -0.3 is 0 Å². The van der Waals surface area contributed by atoms with Gasteiger partial charge in [-0.25, -0.2) is 0 Å². The molecule has 0 amide bonds. The summed E-state index contributed by atoms with van der Waals surface area (Å²) in [5, 5.41) is 0. The van der Waals surface area contributed by atoms with Gasteiger partial charge in [-0.1, -0.05) is 18.2 Å². The predicted octanol–water partition coefficient (Wildman–Crippen LogP) is 3.40. The molecule has 6 heteroatoms. The van der Waals surface area contributed by atoms with Crippen LogP contribution in [-0.2, 0) is 11.3 Å². The summed E-state index contributed by atoms with van der Waals surface area (Å²) in [5.41, 5.74) is 1.96. The first-order valence-corrected chi connectivity index (χ1v) is 9.08. The molecule has 1 aromatic carbocycles. The zero-order chi connectivity index (χ0) is 13.9. The molecule has 19 heavy (non-hydrogen) atoms. The van der Waals surface area contributed by atoms with Crippen LogP contribution in [0.4, 0.5) is 0 Å². The van der Waals surface area contributed by atoms with Crippen LogP contribution >= 0.6 is 23.5 Å². The van der Waals surface area contributed by atoms with Crippen LogP contribution < -0.4 is 0 Å². The molecule has 0 aliphatic carbocycles. The van der Waals surface area contributed by atoms with E-state index in [-0.39, 0.29) is 3.89 Å². The molecule has 1 aliphatic heterocycles. The lowest BCUT2D eigenvalue weighted by molar-refractivity contribution is -0.681. The van der Waals surface area contributed by atoms with Crippen LogP contribution in [0.5, 0.6) is 0 Å². The van der Waals surface area contributed by atoms with E-state index in [2.05, 4.69) is 0 Å². The Kier molecular flexibility index (Phi) is 5.14. The molecule has 0 radical (unpaired) electrons. The Morgan fingerprint density at radius 3 is 2.32 bits per heavy atom. The van der Waals surface area contributed by atoms with Gasteiger partial charge >= 0.3 is 11.3 Å². The lowest BCUT2D eigenvalue weighted by Gasteiger charge is -2.29. The first-order chi connectivity index (χ1) is 9.03. The van der Waals surface area contributed by atoms with Crippen LogP contribution in [-0.4, -0.2) is 38.3 Å². The zero-order valence-corrected chi connectivity index (χ0v) is 13.5. The second-order valence-electron chi connectivity index (χ2n) is 4.63. The molecule has 1 heterocycles. The SMILES string of the molecule is C[N+](C)(C(=C1SCCCS1)c1ccccc1)S(=O)O. The molecular formula is C13H18NO2S3+. The number of hydrogen-bond acceptors (Lipinski definition) is 3. The van der Waals surface area contributed by atoms with Gasteiger partial charge in [-0.15, -0.1) is 23.5 Å². The van der Waals surface area contributed by atoms with Crippen molar-refractivity contribution in [2.45, 2.75) is 6.42 Å². The van der Waals surface area contributed by atoms with Gasteiger partial charge in [-0.3, -0.25) is 4.55 Å². The fraction of sp³-hybridized carbons (Fsp3) is 0.385. The average molecular weight is 316 g/mol. The van der Waals surface area contributed by atoms with Crippen molar-refractivity contribution in [3.8, 4) is 0 Å². The van der Waals surface area contributed by atoms with Crippen molar-refractivity contribution in [1.29, 1.82) is 0 Å². The molecule has 1 saturated heterocycles. The van der Waals surface area contributed by atoms with E-state index in [4.69, 9.17) is 0 Å². The van der Waals surface area contributed by atoms with Crippen LogP contribution in [0.1, 0.15) is 12.0 Å². The zero-order valence-electron chi connectivity index (χ0n) is 11.0. The van der Waals surface area contributed by atoms with Crippen molar-refractivity contribution in [1.82, 2.24) is 0 Å². The Balaban J connectivity index is 2.54. The molecule has 1 unspecified atom stereocenters. The number of thioether (sulfide) groups is 2. The third-order valence-corrected chi connectivity index (χ3v) is 6.49. The fourth-order valence-corrected chi connectivity index (χ4v) is 5.29. The Morgan fingerprint density at radius 1 is 1.21 bits per heavy atom. The largest absolute Gasteiger partial charge is 0.363 e. The van der Waals surface area contributed by atoms with E-state index in [1.807, 2.05) is 30.3 Å². The van der Waals surface area contributed by atoms with Gasteiger partial charge in [0.1, 0.15) is 4.24 Å². The normalized spacial score (nSPS) is 18.2. The third-order valence-electron chi connectivity index (χ3n) is 2.92. The van der Waals surface area contributed by atoms with Crippen molar-refractivity contribution < 1.29 is 12.6 Å². The van der Waals surface area contributed by atoms with Gasteiger partial charge in [0.05, 0.1) is 14.1 Å². The monoisotopic (exact) mass is 316 g/mol. The highest BCUT2D eigenvalue weighted by atomic mass is 32.2. The first-order valence-electron chi connectivity index (χ1n) is 6.05. The van der Waals surface area contributed by atoms with Crippen LogP contribution in [0.2, 0.25) is 0 Å². The van der Waals surface area contributed by atoms with Crippen molar-refractivity contribution in [3.63, 3.8) is 0 Å². The van der Waals surface area contributed by atoms with Crippen molar-refractivity contribution >= 4 is 40.5 Å². The average Bonchev–Trinajstić information content (AvgIpc) is 2.41. The molecule has 1 N–H and O–H groups in total. The van der Waals surface area contributed by atoms with Crippen molar-refractivity contribution in [3.05, 3.63) is 40.1 Å². The maximum absolute atomic E-state index is 11.7. The number of rotatable bonds is 3. The number of hydrogen-bond donors (Lipinski definition) is 1. The summed E-state index contributed by atoms with van der Waals surface area (Å²) < 4.78 is 22.5. The maximum atomic E-state index is 11.7. The second kappa shape index (κ2) is 6.45. The van der Waals surface area contributed by atoms with E-state index in [1.165, 1.54) is 10.7 Å². The highest BCUT2D eigenvalue weighted by molar-refractivity contribution is 8.23. The van der Waals surface area contributed by atoms with Gasteiger partial charge in [0.2, 0.25) is 0 Å². The molecule has 1 fully saturated rings. The summed E-state index contributed by atoms with van der Waals surface area (Å²) >= 11 is 1.63. The Bertz CT molecular complexity index is 492. The highest BCUT2D eigenvalue weighted by Gasteiger charge is 2.34. The number of benzene rings is 1.